The summed E-state index contributed by atoms with van der Waals surface area (Å²) in [6.45, 7) is 1.89. The summed E-state index contributed by atoms with van der Waals surface area (Å²) >= 11 is 1.51. The second kappa shape index (κ2) is 4.59. The number of hydrogen-bond acceptors (Lipinski definition) is 5. The van der Waals surface area contributed by atoms with Crippen molar-refractivity contribution in [1.29, 1.82) is 0 Å². The predicted molar refractivity (Wildman–Crippen MR) is 63.4 cm³/mol. The summed E-state index contributed by atoms with van der Waals surface area (Å²) in [4.78, 5) is 0. The zero-order valence-corrected chi connectivity index (χ0v) is 9.74. The van der Waals surface area contributed by atoms with E-state index in [-0.39, 0.29) is 11.8 Å². The molecule has 1 atom stereocenters. The monoisotopic (exact) mass is 235 g/mol. The molecule has 5 heteroatoms. The second-order valence-electron chi connectivity index (χ2n) is 3.67. The minimum absolute atomic E-state index is 0.0737. The van der Waals surface area contributed by atoms with Crippen LogP contribution >= 0.6 is 11.3 Å². The molecule has 0 bridgehead atoms. The predicted octanol–water partition coefficient (Wildman–Crippen LogP) is 1.85. The number of phenolic OH excluding ortho intramolecular Hbond substituents is 1. The molecule has 1 aromatic carbocycles. The van der Waals surface area contributed by atoms with Crippen LogP contribution in [0.15, 0.2) is 24.3 Å². The van der Waals surface area contributed by atoms with Crippen LogP contribution < -0.4 is 5.73 Å². The summed E-state index contributed by atoms with van der Waals surface area (Å²) in [6.07, 6.45) is 0.679. The highest BCUT2D eigenvalue weighted by atomic mass is 32.1. The van der Waals surface area contributed by atoms with E-state index in [1.165, 1.54) is 11.3 Å². The van der Waals surface area contributed by atoms with E-state index in [0.29, 0.717) is 6.42 Å². The Bertz CT molecular complexity index is 482. The van der Waals surface area contributed by atoms with Gasteiger partial charge in [-0.25, -0.2) is 0 Å². The maximum atomic E-state index is 9.33. The van der Waals surface area contributed by atoms with Crippen molar-refractivity contribution in [3.8, 4) is 5.75 Å². The van der Waals surface area contributed by atoms with Gasteiger partial charge in [0, 0.05) is 6.42 Å². The topological polar surface area (TPSA) is 72.0 Å². The SMILES string of the molecule is CC(N)c1nnc(Cc2cccc(O)c2)s1. The van der Waals surface area contributed by atoms with E-state index in [4.69, 9.17) is 5.73 Å². The third kappa shape index (κ3) is 2.56. The first-order chi connectivity index (χ1) is 7.65. The average molecular weight is 235 g/mol. The molecule has 0 amide bonds. The van der Waals surface area contributed by atoms with Crippen molar-refractivity contribution < 1.29 is 5.11 Å². The lowest BCUT2D eigenvalue weighted by Crippen LogP contribution is -2.03. The van der Waals surface area contributed by atoms with Gasteiger partial charge >= 0.3 is 0 Å². The third-order valence-corrected chi connectivity index (χ3v) is 3.26. The summed E-state index contributed by atoms with van der Waals surface area (Å²) < 4.78 is 0. The largest absolute Gasteiger partial charge is 0.508 e. The van der Waals surface area contributed by atoms with Crippen LogP contribution in [-0.4, -0.2) is 15.3 Å². The van der Waals surface area contributed by atoms with Crippen molar-refractivity contribution in [1.82, 2.24) is 10.2 Å². The van der Waals surface area contributed by atoms with E-state index in [9.17, 15) is 5.11 Å². The summed E-state index contributed by atoms with van der Waals surface area (Å²) in [5.41, 5.74) is 6.73. The highest BCUT2D eigenvalue weighted by Crippen LogP contribution is 2.20. The van der Waals surface area contributed by atoms with Crippen molar-refractivity contribution in [3.05, 3.63) is 39.8 Å². The van der Waals surface area contributed by atoms with Gasteiger partial charge in [-0.3, -0.25) is 0 Å². The Labute approximate surface area is 97.8 Å². The molecule has 2 aromatic rings. The van der Waals surface area contributed by atoms with Gasteiger partial charge in [0.1, 0.15) is 15.8 Å². The van der Waals surface area contributed by atoms with Crippen molar-refractivity contribution >= 4 is 11.3 Å². The standard InChI is InChI=1S/C11H13N3OS/c1-7(12)11-14-13-10(16-11)6-8-3-2-4-9(15)5-8/h2-5,7,15H,6,12H2,1H3. The molecule has 0 aliphatic heterocycles. The van der Waals surface area contributed by atoms with Gasteiger partial charge in [-0.1, -0.05) is 23.5 Å². The van der Waals surface area contributed by atoms with E-state index in [2.05, 4.69) is 10.2 Å². The van der Waals surface area contributed by atoms with E-state index in [1.54, 1.807) is 12.1 Å². The molecule has 16 heavy (non-hydrogen) atoms. The van der Waals surface area contributed by atoms with Crippen LogP contribution in [0.1, 0.15) is 28.5 Å². The Morgan fingerprint density at radius 2 is 2.25 bits per heavy atom. The number of phenols is 1. The zero-order valence-electron chi connectivity index (χ0n) is 8.92. The summed E-state index contributed by atoms with van der Waals surface area (Å²) in [6, 6.07) is 7.07. The molecule has 4 nitrogen and oxygen atoms in total. The lowest BCUT2D eigenvalue weighted by Gasteiger charge is -1.98. The Morgan fingerprint density at radius 3 is 2.88 bits per heavy atom. The van der Waals surface area contributed by atoms with Gasteiger partial charge in [-0.15, -0.1) is 10.2 Å². The van der Waals surface area contributed by atoms with Crippen LogP contribution in [0.25, 0.3) is 0 Å². The van der Waals surface area contributed by atoms with Crippen molar-refractivity contribution in [3.63, 3.8) is 0 Å². The van der Waals surface area contributed by atoms with Crippen LogP contribution in [0.3, 0.4) is 0 Å². The second-order valence-corrected chi connectivity index (χ2v) is 4.76. The van der Waals surface area contributed by atoms with E-state index in [0.717, 1.165) is 15.6 Å². The first-order valence-electron chi connectivity index (χ1n) is 5.01. The molecule has 2 rings (SSSR count). The molecule has 1 heterocycles. The number of aromatic nitrogens is 2. The van der Waals surface area contributed by atoms with Crippen LogP contribution in [0, 0.1) is 0 Å². The molecule has 0 saturated carbocycles. The lowest BCUT2D eigenvalue weighted by atomic mass is 10.1. The molecule has 0 fully saturated rings. The molecule has 0 spiro atoms. The summed E-state index contributed by atoms with van der Waals surface area (Å²) in [7, 11) is 0. The van der Waals surface area contributed by atoms with Crippen molar-refractivity contribution in [2.45, 2.75) is 19.4 Å². The summed E-state index contributed by atoms with van der Waals surface area (Å²) in [5, 5.41) is 19.2. The molecule has 0 saturated heterocycles. The van der Waals surface area contributed by atoms with E-state index >= 15 is 0 Å². The quantitative estimate of drug-likeness (QED) is 0.851. The van der Waals surface area contributed by atoms with Crippen LogP contribution in [0.5, 0.6) is 5.75 Å². The van der Waals surface area contributed by atoms with Crippen molar-refractivity contribution in [2.75, 3.05) is 0 Å². The van der Waals surface area contributed by atoms with Gasteiger partial charge in [0.15, 0.2) is 0 Å². The third-order valence-electron chi connectivity index (χ3n) is 2.14. The first-order valence-corrected chi connectivity index (χ1v) is 5.82. The molecule has 1 aromatic heterocycles. The number of aromatic hydroxyl groups is 1. The first kappa shape index (κ1) is 11.0. The van der Waals surface area contributed by atoms with Crippen LogP contribution in [0.4, 0.5) is 0 Å². The molecular weight excluding hydrogens is 222 g/mol. The molecular formula is C11H13N3OS. The molecule has 0 radical (unpaired) electrons. The summed E-state index contributed by atoms with van der Waals surface area (Å²) in [5.74, 6) is 0.273. The minimum atomic E-state index is -0.0737. The highest BCUT2D eigenvalue weighted by molar-refractivity contribution is 7.11. The Morgan fingerprint density at radius 1 is 1.44 bits per heavy atom. The van der Waals surface area contributed by atoms with Gasteiger partial charge in [0.2, 0.25) is 0 Å². The van der Waals surface area contributed by atoms with Crippen LogP contribution in [0.2, 0.25) is 0 Å². The van der Waals surface area contributed by atoms with Gasteiger partial charge in [-0.2, -0.15) is 0 Å². The fourth-order valence-corrected chi connectivity index (χ4v) is 2.19. The number of nitrogens with two attached hydrogens (primary N) is 1. The van der Waals surface area contributed by atoms with Crippen molar-refractivity contribution in [2.24, 2.45) is 5.73 Å². The Balaban J connectivity index is 2.14. The Hall–Kier alpha value is -1.46. The van der Waals surface area contributed by atoms with E-state index < -0.39 is 0 Å². The fraction of sp³-hybridized carbons (Fsp3) is 0.273. The number of benzene rings is 1. The zero-order chi connectivity index (χ0) is 11.5. The van der Waals surface area contributed by atoms with Gasteiger partial charge < -0.3 is 10.8 Å². The maximum Gasteiger partial charge on any atom is 0.133 e. The molecule has 3 N–H and O–H groups in total. The number of rotatable bonds is 3. The maximum absolute atomic E-state index is 9.33. The van der Waals surface area contributed by atoms with Gasteiger partial charge in [-0.05, 0) is 24.6 Å². The molecule has 1 unspecified atom stereocenters. The minimum Gasteiger partial charge on any atom is -0.508 e. The highest BCUT2D eigenvalue weighted by Gasteiger charge is 2.08. The molecule has 0 aliphatic rings. The fourth-order valence-electron chi connectivity index (χ4n) is 1.36. The lowest BCUT2D eigenvalue weighted by molar-refractivity contribution is 0.474. The molecule has 84 valence electrons. The van der Waals surface area contributed by atoms with Crippen LogP contribution in [-0.2, 0) is 6.42 Å². The normalized spacial score (nSPS) is 12.6. The van der Waals surface area contributed by atoms with E-state index in [1.807, 2.05) is 19.1 Å². The smallest absolute Gasteiger partial charge is 0.133 e. The van der Waals surface area contributed by atoms with Gasteiger partial charge in [0.05, 0.1) is 6.04 Å². The number of nitrogens with zero attached hydrogens (tertiary/aromatic N) is 2. The van der Waals surface area contributed by atoms with Gasteiger partial charge in [0.25, 0.3) is 0 Å². The molecule has 0 aliphatic carbocycles. The Kier molecular flexibility index (Phi) is 3.17. The number of hydrogen-bond donors (Lipinski definition) is 2. The average Bonchev–Trinajstić information content (AvgIpc) is 2.66.